The molecule has 7 N–H and O–H groups in total. The average Bonchev–Trinajstić information content (AvgIpc) is 3.85. The maximum Gasteiger partial charge on any atom is 0.435 e. The summed E-state index contributed by atoms with van der Waals surface area (Å²) in [7, 11) is 0. The number of hydrogen-bond donors (Lipinski definition) is 6. The van der Waals surface area contributed by atoms with Crippen LogP contribution in [-0.2, 0) is 28.6 Å². The number of piperazine rings is 1. The highest BCUT2D eigenvalue weighted by Crippen LogP contribution is 2.36. The fraction of sp³-hybridized carbons (Fsp3) is 0.462. The van der Waals surface area contributed by atoms with Gasteiger partial charge in [-0.2, -0.15) is 18.3 Å². The van der Waals surface area contributed by atoms with E-state index in [0.29, 0.717) is 75.5 Å². The van der Waals surface area contributed by atoms with Crippen molar-refractivity contribution in [2.75, 3.05) is 77.3 Å². The molecular formula is C39H46ClF3N11O5+. The summed E-state index contributed by atoms with van der Waals surface area (Å²) in [6, 6.07) is 7.74. The first-order chi connectivity index (χ1) is 28.2. The molecule has 6 heterocycles. The van der Waals surface area contributed by atoms with Crippen LogP contribution in [0.1, 0.15) is 56.3 Å². The molecule has 0 saturated carbocycles. The van der Waals surface area contributed by atoms with E-state index < -0.39 is 23.7 Å². The number of anilines is 1. The van der Waals surface area contributed by atoms with Crippen molar-refractivity contribution in [1.82, 2.24) is 40.3 Å². The van der Waals surface area contributed by atoms with Crippen LogP contribution in [0.5, 0.6) is 0 Å². The van der Waals surface area contributed by atoms with Gasteiger partial charge in [-0.15, -0.1) is 0 Å². The van der Waals surface area contributed by atoms with Crippen LogP contribution in [0, 0.1) is 11.8 Å². The number of halogens is 4. The van der Waals surface area contributed by atoms with Gasteiger partial charge in [0.05, 0.1) is 41.6 Å². The molecule has 16 nitrogen and oxygen atoms in total. The van der Waals surface area contributed by atoms with Gasteiger partial charge in [0, 0.05) is 99.7 Å². The number of carbonyl (C=O) groups is 4. The van der Waals surface area contributed by atoms with Gasteiger partial charge in [-0.3, -0.25) is 24.5 Å². The lowest BCUT2D eigenvalue weighted by Crippen LogP contribution is -2.62. The predicted molar refractivity (Wildman–Crippen MR) is 209 cm³/mol. The minimum atomic E-state index is -4.76. The maximum atomic E-state index is 14.0. The van der Waals surface area contributed by atoms with Crippen LogP contribution in [0.25, 0.3) is 11.4 Å². The van der Waals surface area contributed by atoms with Gasteiger partial charge < -0.3 is 40.7 Å². The van der Waals surface area contributed by atoms with Crippen molar-refractivity contribution in [2.45, 2.75) is 31.9 Å². The number of nitrogens with one attached hydrogen (secondary N) is 4. The van der Waals surface area contributed by atoms with Crippen LogP contribution in [0.4, 0.5) is 18.9 Å². The zero-order valence-corrected chi connectivity index (χ0v) is 32.9. The number of nitrogens with zero attached hydrogens (tertiary/aromatic N) is 6. The second-order valence-electron chi connectivity index (χ2n) is 15.5. The number of aromatic amines is 2. The minimum absolute atomic E-state index is 0.0384. The lowest BCUT2D eigenvalue weighted by atomic mass is 9.90. The van der Waals surface area contributed by atoms with Gasteiger partial charge >= 0.3 is 12.1 Å². The van der Waals surface area contributed by atoms with E-state index in [4.69, 9.17) is 17.3 Å². The number of imidazole rings is 1. The van der Waals surface area contributed by atoms with Crippen molar-refractivity contribution in [3.63, 3.8) is 0 Å². The van der Waals surface area contributed by atoms with E-state index in [0.717, 1.165) is 25.2 Å². The number of pyridine rings is 1. The zero-order chi connectivity index (χ0) is 41.9. The molecule has 3 amide bonds. The molecule has 0 aliphatic carbocycles. The second-order valence-corrected chi connectivity index (χ2v) is 15.9. The van der Waals surface area contributed by atoms with Gasteiger partial charge in [-0.1, -0.05) is 17.7 Å². The standard InChI is InChI=1S/C39H45ClF3N11O5/c40-30-16-26(49-36(57)35-47-20-27(48-35)15-29-33(50-51-34(29)39(41,42)43)31-4-1-23(5-8-44)19-46-31)2-3-28(30)38(59)53-11-9-52(10-12-53)37(58)25-6-13-54(14-7-25,22-32(55)56)21-24-17-45-18-24/h1-4,16,19-20,24-25,45H,5-15,17-18,21-22,44H2,(H3-,46,47,48,49,50,51,55,56,57,59)/p+1. The van der Waals surface area contributed by atoms with Gasteiger partial charge in [0.15, 0.2) is 18.1 Å². The number of quaternary nitrogens is 1. The molecule has 3 aliphatic rings. The summed E-state index contributed by atoms with van der Waals surface area (Å²) in [6.07, 6.45) is -0.412. The Labute approximate surface area is 342 Å². The second kappa shape index (κ2) is 17.5. The molecule has 20 heteroatoms. The number of piperidine rings is 1. The van der Waals surface area contributed by atoms with Crippen LogP contribution >= 0.6 is 11.6 Å². The Morgan fingerprint density at radius 2 is 1.73 bits per heavy atom. The van der Waals surface area contributed by atoms with Crippen LogP contribution in [0.3, 0.4) is 0 Å². The molecule has 0 atom stereocenters. The van der Waals surface area contributed by atoms with Gasteiger partial charge in [0.25, 0.3) is 11.8 Å². The first-order valence-corrected chi connectivity index (χ1v) is 19.9. The smallest absolute Gasteiger partial charge is 0.435 e. The molecule has 3 aromatic heterocycles. The summed E-state index contributed by atoms with van der Waals surface area (Å²) >= 11 is 6.54. The third kappa shape index (κ3) is 9.59. The Hall–Kier alpha value is -5.37. The van der Waals surface area contributed by atoms with Crippen LogP contribution in [-0.4, -0.2) is 140 Å². The number of nitrogens with two attached hydrogens (primary N) is 1. The molecule has 314 valence electrons. The lowest BCUT2D eigenvalue weighted by Gasteiger charge is -2.46. The molecule has 3 fully saturated rings. The SMILES string of the molecule is NCCc1ccc(-c2[nH]nc(C(F)(F)F)c2Cc2cnc(C(=O)Nc3ccc(C(=O)N4CCN(C(=O)C5CC[N+](CC(=O)O)(CC6CNC6)CC5)CC4)c(Cl)c3)[nH]2)nc1. The molecule has 0 spiro atoms. The lowest BCUT2D eigenvalue weighted by molar-refractivity contribution is -0.929. The highest BCUT2D eigenvalue weighted by Gasteiger charge is 2.42. The number of amides is 3. The molecule has 1 aromatic carbocycles. The summed E-state index contributed by atoms with van der Waals surface area (Å²) in [6.45, 7) is 5.70. The van der Waals surface area contributed by atoms with E-state index in [9.17, 15) is 37.5 Å². The fourth-order valence-corrected chi connectivity index (χ4v) is 8.48. The van der Waals surface area contributed by atoms with Gasteiger partial charge in [-0.25, -0.2) is 9.78 Å². The number of carbonyl (C=O) groups excluding carboxylic acids is 3. The molecule has 59 heavy (non-hydrogen) atoms. The molecule has 4 aromatic rings. The molecule has 3 aliphatic heterocycles. The van der Waals surface area contributed by atoms with Crippen molar-refractivity contribution in [3.05, 3.63) is 81.7 Å². The number of aromatic nitrogens is 5. The third-order valence-electron chi connectivity index (χ3n) is 11.4. The van der Waals surface area contributed by atoms with Crippen molar-refractivity contribution in [3.8, 4) is 11.4 Å². The van der Waals surface area contributed by atoms with E-state index in [1.807, 2.05) is 0 Å². The first kappa shape index (κ1) is 41.8. The highest BCUT2D eigenvalue weighted by atomic mass is 35.5. The quantitative estimate of drug-likeness (QED) is 0.108. The number of likely N-dealkylation sites (tertiary alicyclic amines) is 1. The highest BCUT2D eigenvalue weighted by molar-refractivity contribution is 6.34. The van der Waals surface area contributed by atoms with Gasteiger partial charge in [-0.05, 0) is 42.8 Å². The van der Waals surface area contributed by atoms with Crippen molar-refractivity contribution >= 4 is 41.0 Å². The van der Waals surface area contributed by atoms with Crippen molar-refractivity contribution < 1.29 is 41.9 Å². The number of alkyl halides is 3. The van der Waals surface area contributed by atoms with Crippen molar-refractivity contribution in [2.24, 2.45) is 17.6 Å². The van der Waals surface area contributed by atoms with Crippen molar-refractivity contribution in [1.29, 1.82) is 0 Å². The monoisotopic (exact) mass is 840 g/mol. The number of rotatable bonds is 13. The topological polar surface area (TPSA) is 215 Å². The van der Waals surface area contributed by atoms with E-state index in [-0.39, 0.29) is 75.4 Å². The summed E-state index contributed by atoms with van der Waals surface area (Å²) in [5.74, 6) is -1.68. The number of hydrogen-bond acceptors (Lipinski definition) is 9. The van der Waals surface area contributed by atoms with Crippen LogP contribution in [0.15, 0.2) is 42.7 Å². The van der Waals surface area contributed by atoms with E-state index in [1.54, 1.807) is 28.1 Å². The number of H-pyrrole nitrogens is 2. The summed E-state index contributed by atoms with van der Waals surface area (Å²) in [5.41, 5.74) is 6.17. The molecule has 7 rings (SSSR count). The summed E-state index contributed by atoms with van der Waals surface area (Å²) in [4.78, 5) is 66.4. The first-order valence-electron chi connectivity index (χ1n) is 19.5. The zero-order valence-electron chi connectivity index (χ0n) is 32.2. The van der Waals surface area contributed by atoms with Crippen LogP contribution in [0.2, 0.25) is 5.02 Å². The predicted octanol–water partition coefficient (Wildman–Crippen LogP) is 3.03. The molecular weight excluding hydrogens is 795 g/mol. The number of aliphatic carboxylic acids is 1. The Morgan fingerprint density at radius 3 is 2.34 bits per heavy atom. The molecule has 0 unspecified atom stereocenters. The Balaban J connectivity index is 0.928. The summed E-state index contributed by atoms with van der Waals surface area (Å²) in [5, 5.41) is 21.6. The van der Waals surface area contributed by atoms with E-state index in [1.165, 1.54) is 24.4 Å². The third-order valence-corrected chi connectivity index (χ3v) is 11.7. The molecule has 3 saturated heterocycles. The number of benzene rings is 1. The fourth-order valence-electron chi connectivity index (χ4n) is 8.22. The molecule has 0 bridgehead atoms. The average molecular weight is 841 g/mol. The van der Waals surface area contributed by atoms with E-state index >= 15 is 0 Å². The van der Waals surface area contributed by atoms with Gasteiger partial charge in [0.2, 0.25) is 5.91 Å². The Bertz CT molecular complexity index is 2170. The number of carboxylic acid groups (broad SMARTS) is 1. The number of carboxylic acids is 1. The maximum absolute atomic E-state index is 14.0. The molecule has 0 radical (unpaired) electrons. The minimum Gasteiger partial charge on any atom is -0.477 e. The largest absolute Gasteiger partial charge is 0.477 e. The Kier molecular flexibility index (Phi) is 12.4. The van der Waals surface area contributed by atoms with E-state index in [2.05, 4.69) is 35.8 Å². The Morgan fingerprint density at radius 1 is 1.00 bits per heavy atom. The normalized spacial score (nSPS) is 20.0. The summed E-state index contributed by atoms with van der Waals surface area (Å²) < 4.78 is 42.4. The van der Waals surface area contributed by atoms with Crippen LogP contribution < -0.4 is 16.4 Å². The van der Waals surface area contributed by atoms with Gasteiger partial charge in [0.1, 0.15) is 0 Å².